The lowest BCUT2D eigenvalue weighted by Gasteiger charge is -2.32. The van der Waals surface area contributed by atoms with E-state index in [1.807, 2.05) is 37.3 Å². The van der Waals surface area contributed by atoms with E-state index in [2.05, 4.69) is 5.32 Å². The first-order valence-corrected chi connectivity index (χ1v) is 12.6. The van der Waals surface area contributed by atoms with Gasteiger partial charge in [-0.05, 0) is 49.6 Å². The van der Waals surface area contributed by atoms with Crippen LogP contribution in [0, 0.1) is 6.92 Å². The Morgan fingerprint density at radius 2 is 1.78 bits per heavy atom. The van der Waals surface area contributed by atoms with Gasteiger partial charge in [-0.15, -0.1) is 0 Å². The molecule has 0 aliphatic carbocycles. The van der Waals surface area contributed by atoms with Crippen molar-refractivity contribution < 1.29 is 18.0 Å². The smallest absolute Gasteiger partial charge is 0.244 e. The van der Waals surface area contributed by atoms with E-state index >= 15 is 0 Å². The van der Waals surface area contributed by atoms with E-state index in [1.165, 1.54) is 4.90 Å². The predicted molar refractivity (Wildman–Crippen MR) is 128 cm³/mol. The Hall–Kier alpha value is -2.58. The van der Waals surface area contributed by atoms with Crippen molar-refractivity contribution in [2.45, 2.75) is 39.8 Å². The summed E-state index contributed by atoms with van der Waals surface area (Å²) >= 11 is 6.01. The van der Waals surface area contributed by atoms with E-state index in [9.17, 15) is 18.0 Å². The van der Waals surface area contributed by atoms with Crippen LogP contribution in [0.4, 0.5) is 5.69 Å². The molecule has 0 fully saturated rings. The molecule has 0 radical (unpaired) electrons. The van der Waals surface area contributed by atoms with Crippen LogP contribution in [0.5, 0.6) is 0 Å². The van der Waals surface area contributed by atoms with Crippen molar-refractivity contribution in [1.82, 2.24) is 10.2 Å². The Kier molecular flexibility index (Phi) is 9.09. The van der Waals surface area contributed by atoms with Crippen LogP contribution < -0.4 is 9.62 Å². The maximum absolute atomic E-state index is 13.4. The zero-order valence-corrected chi connectivity index (χ0v) is 20.4. The van der Waals surface area contributed by atoms with Crippen LogP contribution in [-0.2, 0) is 26.2 Å². The summed E-state index contributed by atoms with van der Waals surface area (Å²) in [5, 5.41) is 3.27. The number of aryl methyl sites for hydroxylation is 1. The highest BCUT2D eigenvalue weighted by Gasteiger charge is 2.30. The average Bonchev–Trinajstić information content (AvgIpc) is 2.74. The topological polar surface area (TPSA) is 86.8 Å². The van der Waals surface area contributed by atoms with E-state index in [-0.39, 0.29) is 12.5 Å². The minimum absolute atomic E-state index is 0.178. The molecule has 2 aromatic rings. The molecule has 1 N–H and O–H groups in total. The molecule has 0 spiro atoms. The molecule has 32 heavy (non-hydrogen) atoms. The molecule has 0 aromatic heterocycles. The van der Waals surface area contributed by atoms with Gasteiger partial charge in [0.1, 0.15) is 12.6 Å². The van der Waals surface area contributed by atoms with Gasteiger partial charge in [-0.25, -0.2) is 8.42 Å². The predicted octanol–water partition coefficient (Wildman–Crippen LogP) is 3.36. The molecule has 0 aliphatic heterocycles. The minimum Gasteiger partial charge on any atom is -0.354 e. The standard InChI is InChI=1S/C23H30ClN3O4S/c1-5-13-25-23(29)18(3)26(15-19-9-7-6-8-10-19)22(28)16-27(32(4,30)31)21-12-11-20(24)14-17(21)2/h6-12,14,18H,5,13,15-16H2,1-4H3,(H,25,29). The quantitative estimate of drug-likeness (QED) is 0.566. The van der Waals surface area contributed by atoms with Gasteiger partial charge in [0, 0.05) is 18.1 Å². The highest BCUT2D eigenvalue weighted by Crippen LogP contribution is 2.26. The van der Waals surface area contributed by atoms with Crippen LogP contribution >= 0.6 is 11.6 Å². The first-order chi connectivity index (χ1) is 15.0. The number of nitrogens with zero attached hydrogens (tertiary/aromatic N) is 2. The number of carbonyl (C=O) groups excluding carboxylic acids is 2. The summed E-state index contributed by atoms with van der Waals surface area (Å²) in [6.45, 7) is 5.56. The van der Waals surface area contributed by atoms with E-state index in [4.69, 9.17) is 11.6 Å². The van der Waals surface area contributed by atoms with Gasteiger partial charge in [0.15, 0.2) is 0 Å². The third-order valence-corrected chi connectivity index (χ3v) is 6.38. The van der Waals surface area contributed by atoms with Crippen LogP contribution in [0.3, 0.4) is 0 Å². The molecule has 0 aliphatic rings. The Bertz CT molecular complexity index is 1040. The Morgan fingerprint density at radius 3 is 2.34 bits per heavy atom. The van der Waals surface area contributed by atoms with Gasteiger partial charge >= 0.3 is 0 Å². The number of amides is 2. The largest absolute Gasteiger partial charge is 0.354 e. The van der Waals surface area contributed by atoms with Gasteiger partial charge in [0.05, 0.1) is 11.9 Å². The van der Waals surface area contributed by atoms with Crippen molar-refractivity contribution in [3.8, 4) is 0 Å². The van der Waals surface area contributed by atoms with Gasteiger partial charge in [-0.3, -0.25) is 13.9 Å². The van der Waals surface area contributed by atoms with Crippen LogP contribution in [0.1, 0.15) is 31.4 Å². The van der Waals surface area contributed by atoms with Gasteiger partial charge < -0.3 is 10.2 Å². The number of anilines is 1. The SMILES string of the molecule is CCCNC(=O)C(C)N(Cc1ccccc1)C(=O)CN(c1ccc(Cl)cc1C)S(C)(=O)=O. The third-order valence-electron chi connectivity index (χ3n) is 5.02. The first-order valence-electron chi connectivity index (χ1n) is 10.4. The Balaban J connectivity index is 2.38. The van der Waals surface area contributed by atoms with Crippen molar-refractivity contribution in [2.24, 2.45) is 0 Å². The number of halogens is 1. The molecule has 2 aromatic carbocycles. The van der Waals surface area contributed by atoms with Crippen LogP contribution in [0.25, 0.3) is 0 Å². The van der Waals surface area contributed by atoms with Crippen LogP contribution in [0.15, 0.2) is 48.5 Å². The highest BCUT2D eigenvalue weighted by atomic mass is 35.5. The molecular formula is C23H30ClN3O4S. The lowest BCUT2D eigenvalue weighted by Crippen LogP contribution is -2.51. The number of carbonyl (C=O) groups is 2. The fourth-order valence-electron chi connectivity index (χ4n) is 3.25. The number of benzene rings is 2. The van der Waals surface area contributed by atoms with Gasteiger partial charge in [0.2, 0.25) is 21.8 Å². The second kappa shape index (κ2) is 11.3. The fraction of sp³-hybridized carbons (Fsp3) is 0.391. The average molecular weight is 480 g/mol. The van der Waals surface area contributed by atoms with E-state index in [0.29, 0.717) is 22.8 Å². The Labute approximate surface area is 195 Å². The number of rotatable bonds is 10. The molecule has 0 heterocycles. The van der Waals surface area contributed by atoms with Crippen LogP contribution in [0.2, 0.25) is 5.02 Å². The lowest BCUT2D eigenvalue weighted by molar-refractivity contribution is -0.139. The summed E-state index contributed by atoms with van der Waals surface area (Å²) in [5.41, 5.74) is 1.83. The number of sulfonamides is 1. The molecule has 1 atom stereocenters. The minimum atomic E-state index is -3.77. The van der Waals surface area contributed by atoms with E-state index in [0.717, 1.165) is 22.5 Å². The molecule has 7 nitrogen and oxygen atoms in total. The van der Waals surface area contributed by atoms with Crippen molar-refractivity contribution in [3.63, 3.8) is 0 Å². The van der Waals surface area contributed by atoms with Crippen molar-refractivity contribution in [1.29, 1.82) is 0 Å². The molecule has 1 unspecified atom stereocenters. The fourth-order valence-corrected chi connectivity index (χ4v) is 4.39. The zero-order chi connectivity index (χ0) is 23.9. The second-order valence-electron chi connectivity index (χ2n) is 7.67. The summed E-state index contributed by atoms with van der Waals surface area (Å²) < 4.78 is 26.2. The summed E-state index contributed by atoms with van der Waals surface area (Å²) in [7, 11) is -3.77. The van der Waals surface area contributed by atoms with Gasteiger partial charge in [-0.2, -0.15) is 0 Å². The molecule has 2 rings (SSSR count). The van der Waals surface area contributed by atoms with E-state index < -0.39 is 28.5 Å². The summed E-state index contributed by atoms with van der Waals surface area (Å²) in [6, 6.07) is 13.3. The molecule has 174 valence electrons. The normalized spacial score (nSPS) is 12.2. The monoisotopic (exact) mass is 479 g/mol. The summed E-state index contributed by atoms with van der Waals surface area (Å²) in [4.78, 5) is 27.4. The van der Waals surface area contributed by atoms with Crippen LogP contribution in [-0.4, -0.2) is 50.5 Å². The maximum Gasteiger partial charge on any atom is 0.244 e. The molecule has 0 saturated heterocycles. The third kappa shape index (κ3) is 6.97. The first kappa shape index (κ1) is 25.7. The highest BCUT2D eigenvalue weighted by molar-refractivity contribution is 7.92. The van der Waals surface area contributed by atoms with Crippen molar-refractivity contribution >= 4 is 39.1 Å². The maximum atomic E-state index is 13.4. The molecule has 9 heteroatoms. The zero-order valence-electron chi connectivity index (χ0n) is 18.8. The number of hydrogen-bond donors (Lipinski definition) is 1. The lowest BCUT2D eigenvalue weighted by atomic mass is 10.1. The van der Waals surface area contributed by atoms with Crippen molar-refractivity contribution in [2.75, 3.05) is 23.7 Å². The summed E-state index contributed by atoms with van der Waals surface area (Å²) in [5.74, 6) is -0.766. The van der Waals surface area contributed by atoms with E-state index in [1.54, 1.807) is 32.0 Å². The summed E-state index contributed by atoms with van der Waals surface area (Å²) in [6.07, 6.45) is 1.82. The second-order valence-corrected chi connectivity index (χ2v) is 10.0. The van der Waals surface area contributed by atoms with Crippen molar-refractivity contribution in [3.05, 3.63) is 64.7 Å². The van der Waals surface area contributed by atoms with Gasteiger partial charge in [-0.1, -0.05) is 48.9 Å². The number of nitrogens with one attached hydrogen (secondary N) is 1. The number of hydrogen-bond acceptors (Lipinski definition) is 4. The van der Waals surface area contributed by atoms with Gasteiger partial charge in [0.25, 0.3) is 0 Å². The Morgan fingerprint density at radius 1 is 1.12 bits per heavy atom. The molecule has 0 bridgehead atoms. The molecule has 0 saturated carbocycles. The molecule has 2 amide bonds. The molecular weight excluding hydrogens is 450 g/mol.